The number of amides is 1. The Labute approximate surface area is 169 Å². The lowest BCUT2D eigenvalue weighted by Gasteiger charge is -2.21. The number of ether oxygens (including phenoxy) is 1. The molecule has 0 atom stereocenters. The highest BCUT2D eigenvalue weighted by atomic mass is 32.2. The van der Waals surface area contributed by atoms with E-state index in [0.717, 1.165) is 19.2 Å². The van der Waals surface area contributed by atoms with Crippen LogP contribution < -0.4 is 10.0 Å². The van der Waals surface area contributed by atoms with Gasteiger partial charge in [0.25, 0.3) is 10.0 Å². The lowest BCUT2D eigenvalue weighted by atomic mass is 9.89. The van der Waals surface area contributed by atoms with E-state index in [1.54, 1.807) is 12.1 Å². The molecule has 0 radical (unpaired) electrons. The highest BCUT2D eigenvalue weighted by Crippen LogP contribution is 2.25. The van der Waals surface area contributed by atoms with Crippen molar-refractivity contribution in [3.8, 4) is 5.75 Å². The molecule has 0 unspecified atom stereocenters. The summed E-state index contributed by atoms with van der Waals surface area (Å²) < 4.78 is 32.1. The Balaban J connectivity index is 2.19. The molecule has 0 aliphatic carbocycles. The summed E-state index contributed by atoms with van der Waals surface area (Å²) in [7, 11) is -2.89. The molecule has 0 spiro atoms. The van der Waals surface area contributed by atoms with Crippen LogP contribution in [0.2, 0.25) is 0 Å². The van der Waals surface area contributed by atoms with Crippen LogP contribution in [0.1, 0.15) is 37.6 Å². The van der Waals surface area contributed by atoms with Gasteiger partial charge in [-0.05, 0) is 48.9 Å². The fraction of sp³-hybridized carbons (Fsp3) is 0.300. The van der Waals surface area contributed by atoms with Crippen LogP contribution in [0.3, 0.4) is 0 Å². The minimum Gasteiger partial charge on any atom is -0.507 e. The van der Waals surface area contributed by atoms with Gasteiger partial charge in [0, 0.05) is 16.8 Å². The maximum atomic E-state index is 12.6. The number of carbonyl (C=O) groups excluding carboxylic acids is 2. The van der Waals surface area contributed by atoms with Crippen molar-refractivity contribution in [2.45, 2.75) is 32.1 Å². The zero-order valence-corrected chi connectivity index (χ0v) is 17.5. The second kappa shape index (κ2) is 8.52. The zero-order chi connectivity index (χ0) is 21.8. The summed E-state index contributed by atoms with van der Waals surface area (Å²) in [5, 5.41) is 12.5. The minimum absolute atomic E-state index is 0.132. The molecule has 1 amide bonds. The second-order valence-corrected chi connectivity index (χ2v) is 8.73. The Morgan fingerprint density at radius 3 is 2.21 bits per heavy atom. The highest BCUT2D eigenvalue weighted by molar-refractivity contribution is 7.92. The third-order valence-electron chi connectivity index (χ3n) is 4.58. The van der Waals surface area contributed by atoms with Gasteiger partial charge in [-0.25, -0.2) is 13.2 Å². The fourth-order valence-corrected chi connectivity index (χ4v) is 3.34. The number of phenols is 1. The molecule has 0 aromatic heterocycles. The van der Waals surface area contributed by atoms with Crippen LogP contribution in [0, 0.1) is 5.41 Å². The fourth-order valence-electron chi connectivity index (χ4n) is 2.25. The number of hydrogen-bond donors (Lipinski definition) is 3. The first-order valence-electron chi connectivity index (χ1n) is 8.86. The largest absolute Gasteiger partial charge is 0.507 e. The molecule has 0 heterocycles. The number of methoxy groups -OCH3 is 1. The van der Waals surface area contributed by atoms with Gasteiger partial charge in [-0.2, -0.15) is 0 Å². The summed E-state index contributed by atoms with van der Waals surface area (Å²) in [6.07, 6.45) is 0.677. The quantitative estimate of drug-likeness (QED) is 0.591. The average molecular weight is 420 g/mol. The predicted molar refractivity (Wildman–Crippen MR) is 109 cm³/mol. The van der Waals surface area contributed by atoms with E-state index in [9.17, 15) is 23.1 Å². The van der Waals surface area contributed by atoms with Gasteiger partial charge in [0.15, 0.2) is 0 Å². The van der Waals surface area contributed by atoms with E-state index < -0.39 is 21.4 Å². The molecular weight excluding hydrogens is 396 g/mol. The summed E-state index contributed by atoms with van der Waals surface area (Å²) in [5.74, 6) is -1.37. The Bertz CT molecular complexity index is 1010. The predicted octanol–water partition coefficient (Wildman–Crippen LogP) is 3.35. The number of carbonyl (C=O) groups is 2. The van der Waals surface area contributed by atoms with Crippen molar-refractivity contribution in [2.75, 3.05) is 17.1 Å². The second-order valence-electron chi connectivity index (χ2n) is 7.04. The van der Waals surface area contributed by atoms with Crippen LogP contribution in [-0.4, -0.2) is 32.5 Å². The summed E-state index contributed by atoms with van der Waals surface area (Å²) in [6.45, 7) is 5.60. The summed E-state index contributed by atoms with van der Waals surface area (Å²) in [5.41, 5.74) is 0.0331. The third kappa shape index (κ3) is 5.26. The minimum atomic E-state index is -4.01. The third-order valence-corrected chi connectivity index (χ3v) is 5.96. The molecule has 156 valence electrons. The van der Waals surface area contributed by atoms with Crippen LogP contribution in [0.15, 0.2) is 47.4 Å². The number of sulfonamides is 1. The zero-order valence-electron chi connectivity index (χ0n) is 16.6. The maximum Gasteiger partial charge on any atom is 0.341 e. The molecule has 8 nitrogen and oxygen atoms in total. The van der Waals surface area contributed by atoms with E-state index in [2.05, 4.69) is 14.8 Å². The lowest BCUT2D eigenvalue weighted by molar-refractivity contribution is -0.124. The Morgan fingerprint density at radius 2 is 1.66 bits per heavy atom. The van der Waals surface area contributed by atoms with Crippen molar-refractivity contribution in [2.24, 2.45) is 5.41 Å². The van der Waals surface area contributed by atoms with Crippen LogP contribution in [0.5, 0.6) is 5.75 Å². The first-order chi connectivity index (χ1) is 13.5. The van der Waals surface area contributed by atoms with Gasteiger partial charge in [-0.3, -0.25) is 9.52 Å². The van der Waals surface area contributed by atoms with Gasteiger partial charge in [0.05, 0.1) is 12.0 Å². The Morgan fingerprint density at radius 1 is 1.07 bits per heavy atom. The van der Waals surface area contributed by atoms with Gasteiger partial charge >= 0.3 is 5.97 Å². The van der Waals surface area contributed by atoms with Crippen LogP contribution in [0.25, 0.3) is 0 Å². The highest BCUT2D eigenvalue weighted by Gasteiger charge is 2.25. The van der Waals surface area contributed by atoms with Crippen molar-refractivity contribution in [3.05, 3.63) is 48.0 Å². The van der Waals surface area contributed by atoms with Crippen LogP contribution in [-0.2, 0) is 19.6 Å². The molecular formula is C20H24N2O6S. The van der Waals surface area contributed by atoms with E-state index in [4.69, 9.17) is 0 Å². The average Bonchev–Trinajstić information content (AvgIpc) is 2.68. The maximum absolute atomic E-state index is 12.6. The van der Waals surface area contributed by atoms with Crippen molar-refractivity contribution in [3.63, 3.8) is 0 Å². The van der Waals surface area contributed by atoms with Crippen LogP contribution in [0.4, 0.5) is 11.4 Å². The molecule has 3 N–H and O–H groups in total. The van der Waals surface area contributed by atoms with Crippen LogP contribution >= 0.6 is 0 Å². The Hall–Kier alpha value is -3.07. The van der Waals surface area contributed by atoms with E-state index in [0.29, 0.717) is 12.1 Å². The number of nitrogens with one attached hydrogen (secondary N) is 2. The van der Waals surface area contributed by atoms with Crippen molar-refractivity contribution in [1.29, 1.82) is 0 Å². The number of aromatic hydroxyl groups is 1. The number of hydrogen-bond acceptors (Lipinski definition) is 6. The Kier molecular flexibility index (Phi) is 6.53. The van der Waals surface area contributed by atoms with Gasteiger partial charge in [0.2, 0.25) is 5.91 Å². The number of benzene rings is 2. The molecule has 29 heavy (non-hydrogen) atoms. The molecule has 0 aliphatic heterocycles. The van der Waals surface area contributed by atoms with E-state index in [-0.39, 0.29) is 27.8 Å². The van der Waals surface area contributed by atoms with E-state index >= 15 is 0 Å². The standard InChI is InChI=1S/C20H24N2O6S/c1-5-20(2,3)19(25)21-13-6-8-14(9-7-13)22-29(26,27)15-10-11-17(23)16(12-15)18(24)28-4/h6-12,22-23H,5H2,1-4H3,(H,21,25). The summed E-state index contributed by atoms with van der Waals surface area (Å²) in [4.78, 5) is 23.7. The molecule has 2 aromatic carbocycles. The first-order valence-corrected chi connectivity index (χ1v) is 10.3. The SMILES string of the molecule is CCC(C)(C)C(=O)Nc1ccc(NS(=O)(=O)c2ccc(O)c(C(=O)OC)c2)cc1. The first kappa shape index (κ1) is 22.2. The molecule has 0 bridgehead atoms. The molecule has 2 aromatic rings. The molecule has 0 saturated carbocycles. The lowest BCUT2D eigenvalue weighted by Crippen LogP contribution is -2.29. The van der Waals surface area contributed by atoms with Crippen molar-refractivity contribution < 1.29 is 27.9 Å². The van der Waals surface area contributed by atoms with Gasteiger partial charge < -0.3 is 15.2 Å². The number of anilines is 2. The number of esters is 1. The number of rotatable bonds is 7. The van der Waals surface area contributed by atoms with Crippen molar-refractivity contribution in [1.82, 2.24) is 0 Å². The van der Waals surface area contributed by atoms with Gasteiger partial charge in [-0.1, -0.05) is 20.8 Å². The molecule has 0 saturated heterocycles. The number of phenolic OH excluding ortho intramolecular Hbond substituents is 1. The summed E-state index contributed by atoms with van der Waals surface area (Å²) >= 11 is 0. The summed E-state index contributed by atoms with van der Waals surface area (Å²) in [6, 6.07) is 9.49. The van der Waals surface area contributed by atoms with E-state index in [1.807, 2.05) is 20.8 Å². The molecule has 2 rings (SSSR count). The molecule has 0 fully saturated rings. The topological polar surface area (TPSA) is 122 Å². The van der Waals surface area contributed by atoms with E-state index in [1.165, 1.54) is 18.2 Å². The monoisotopic (exact) mass is 420 g/mol. The molecule has 9 heteroatoms. The van der Waals surface area contributed by atoms with Gasteiger partial charge in [0.1, 0.15) is 11.3 Å². The van der Waals surface area contributed by atoms with Crippen molar-refractivity contribution >= 4 is 33.3 Å². The normalized spacial score (nSPS) is 11.6. The van der Waals surface area contributed by atoms with Gasteiger partial charge in [-0.15, -0.1) is 0 Å². The smallest absolute Gasteiger partial charge is 0.341 e. The molecule has 0 aliphatic rings.